The third-order valence-corrected chi connectivity index (χ3v) is 6.68. The van der Waals surface area contributed by atoms with E-state index in [0.29, 0.717) is 21.9 Å². The Morgan fingerprint density at radius 3 is 2.58 bits per heavy atom. The molecule has 3 fully saturated rings. The molecule has 0 spiro atoms. The molecule has 0 N–H and O–H groups in total. The Morgan fingerprint density at radius 2 is 1.96 bits per heavy atom. The summed E-state index contributed by atoms with van der Waals surface area (Å²) in [6, 6.07) is 5.57. The molecule has 3 aliphatic rings. The van der Waals surface area contributed by atoms with E-state index in [0.717, 1.165) is 54.8 Å². The second-order valence-corrected chi connectivity index (χ2v) is 8.34. The Kier molecular flexibility index (Phi) is 5.06. The third-order valence-electron chi connectivity index (χ3n) is 6.05. The summed E-state index contributed by atoms with van der Waals surface area (Å²) in [6.07, 6.45) is 5.66. The predicted molar refractivity (Wildman–Crippen MR) is 112 cm³/mol. The molecule has 1 saturated heterocycles. The number of hydroxylamine groups is 2. The highest BCUT2D eigenvalue weighted by Gasteiger charge is 2.56. The normalized spacial score (nSPS) is 27.7. The largest absolute Gasteiger partial charge is 0.360 e. The van der Waals surface area contributed by atoms with Gasteiger partial charge in [-0.05, 0) is 50.2 Å². The monoisotopic (exact) mass is 506 g/mol. The Morgan fingerprint density at radius 1 is 1.23 bits per heavy atom. The molecule has 26 heavy (non-hydrogen) atoms. The number of hydrogen-bond donors (Lipinski definition) is 0. The molecule has 5 rings (SSSR count). The SMILES string of the molecule is CON1CC2CCC1(c1c(-c3c(Cl)cccc3Cl)noc1C1CC1)C2.I. The van der Waals surface area contributed by atoms with Gasteiger partial charge in [-0.2, -0.15) is 5.06 Å². The molecule has 7 heteroatoms. The predicted octanol–water partition coefficient (Wildman–Crippen LogP) is 6.02. The minimum Gasteiger partial charge on any atom is -0.360 e. The molecule has 2 saturated carbocycles. The average molecular weight is 507 g/mol. The van der Waals surface area contributed by atoms with E-state index in [2.05, 4.69) is 10.2 Å². The Hall–Kier alpha value is -0.340. The molecular weight excluding hydrogens is 486 g/mol. The highest BCUT2D eigenvalue weighted by molar-refractivity contribution is 14.0. The summed E-state index contributed by atoms with van der Waals surface area (Å²) < 4.78 is 5.89. The van der Waals surface area contributed by atoms with Gasteiger partial charge in [0, 0.05) is 23.6 Å². The molecule has 2 aliphatic carbocycles. The molecule has 1 aromatic heterocycles. The van der Waals surface area contributed by atoms with Crippen molar-refractivity contribution in [2.24, 2.45) is 5.92 Å². The van der Waals surface area contributed by atoms with Gasteiger partial charge in [0.2, 0.25) is 0 Å². The van der Waals surface area contributed by atoms with Crippen LogP contribution in [-0.2, 0) is 10.4 Å². The molecule has 140 valence electrons. The van der Waals surface area contributed by atoms with Crippen molar-refractivity contribution in [3.63, 3.8) is 0 Å². The molecule has 2 aromatic rings. The number of fused-ring (bicyclic) bond motifs is 2. The molecule has 1 aliphatic heterocycles. The fourth-order valence-corrected chi connectivity index (χ4v) is 5.37. The first-order chi connectivity index (χ1) is 12.1. The van der Waals surface area contributed by atoms with Crippen LogP contribution in [-0.4, -0.2) is 23.9 Å². The van der Waals surface area contributed by atoms with Crippen LogP contribution in [0.1, 0.15) is 49.3 Å². The fourth-order valence-electron chi connectivity index (χ4n) is 4.79. The number of benzene rings is 1. The first-order valence-electron chi connectivity index (χ1n) is 8.90. The van der Waals surface area contributed by atoms with E-state index in [1.165, 1.54) is 6.42 Å². The van der Waals surface area contributed by atoms with Crippen LogP contribution < -0.4 is 0 Å². The zero-order valence-electron chi connectivity index (χ0n) is 14.5. The summed E-state index contributed by atoms with van der Waals surface area (Å²) in [5.74, 6) is 2.14. The van der Waals surface area contributed by atoms with E-state index in [1.54, 1.807) is 7.11 Å². The van der Waals surface area contributed by atoms with Crippen molar-refractivity contribution in [1.82, 2.24) is 10.2 Å². The lowest BCUT2D eigenvalue weighted by Crippen LogP contribution is -2.42. The van der Waals surface area contributed by atoms with Crippen LogP contribution in [0.25, 0.3) is 11.3 Å². The van der Waals surface area contributed by atoms with Crippen LogP contribution in [0.2, 0.25) is 10.0 Å². The number of rotatable bonds is 4. The molecule has 2 bridgehead atoms. The topological polar surface area (TPSA) is 38.5 Å². The second-order valence-electron chi connectivity index (χ2n) is 7.53. The van der Waals surface area contributed by atoms with Gasteiger partial charge < -0.3 is 9.36 Å². The van der Waals surface area contributed by atoms with Crippen LogP contribution in [0.5, 0.6) is 0 Å². The maximum absolute atomic E-state index is 6.51. The smallest absolute Gasteiger partial charge is 0.145 e. The minimum atomic E-state index is -0.171. The Bertz CT molecular complexity index is 819. The maximum atomic E-state index is 6.51. The summed E-state index contributed by atoms with van der Waals surface area (Å²) >= 11 is 13.0. The van der Waals surface area contributed by atoms with Crippen molar-refractivity contribution in [3.05, 3.63) is 39.6 Å². The number of nitrogens with zero attached hydrogens (tertiary/aromatic N) is 2. The third kappa shape index (κ3) is 2.73. The van der Waals surface area contributed by atoms with E-state index in [4.69, 9.17) is 32.6 Å². The van der Waals surface area contributed by atoms with Gasteiger partial charge in [-0.25, -0.2) is 0 Å². The highest BCUT2D eigenvalue weighted by Crippen LogP contribution is 2.59. The standard InChI is InChI=1S/C19H20Cl2N2O2.HI/c1-24-23-10-11-7-8-19(23,9-11)16-17(22-25-18(16)12-5-6-12)15-13(20)3-2-4-14(15)21;/h2-4,11-12H,5-10H2,1H3;1H. The van der Waals surface area contributed by atoms with E-state index < -0.39 is 0 Å². The second kappa shape index (κ2) is 6.92. The Labute approximate surface area is 180 Å². The molecule has 4 nitrogen and oxygen atoms in total. The summed E-state index contributed by atoms with van der Waals surface area (Å²) in [6.45, 7) is 0.960. The van der Waals surface area contributed by atoms with Gasteiger partial charge >= 0.3 is 0 Å². The summed E-state index contributed by atoms with van der Waals surface area (Å²) in [7, 11) is 1.76. The van der Waals surface area contributed by atoms with Gasteiger partial charge in [-0.3, -0.25) is 0 Å². The first-order valence-corrected chi connectivity index (χ1v) is 9.66. The van der Waals surface area contributed by atoms with Crippen molar-refractivity contribution < 1.29 is 9.36 Å². The lowest BCUT2D eigenvalue weighted by molar-refractivity contribution is -0.194. The number of hydrogen-bond acceptors (Lipinski definition) is 4. The number of halogens is 3. The Balaban J connectivity index is 0.00000168. The van der Waals surface area contributed by atoms with Gasteiger partial charge in [-0.1, -0.05) is 34.4 Å². The minimum absolute atomic E-state index is 0. The molecule has 0 radical (unpaired) electrons. The van der Waals surface area contributed by atoms with Crippen molar-refractivity contribution >= 4 is 47.2 Å². The summed E-state index contributed by atoms with van der Waals surface area (Å²) in [4.78, 5) is 5.78. The van der Waals surface area contributed by atoms with Crippen LogP contribution in [0.15, 0.2) is 22.7 Å². The van der Waals surface area contributed by atoms with Gasteiger partial charge in [0.05, 0.1) is 22.7 Å². The molecule has 2 heterocycles. The van der Waals surface area contributed by atoms with Crippen molar-refractivity contribution in [2.75, 3.05) is 13.7 Å². The van der Waals surface area contributed by atoms with E-state index in [-0.39, 0.29) is 29.5 Å². The van der Waals surface area contributed by atoms with Crippen molar-refractivity contribution in [3.8, 4) is 11.3 Å². The molecule has 0 amide bonds. The maximum Gasteiger partial charge on any atom is 0.145 e. The van der Waals surface area contributed by atoms with Crippen molar-refractivity contribution in [2.45, 2.75) is 43.6 Å². The van der Waals surface area contributed by atoms with E-state index >= 15 is 0 Å². The van der Waals surface area contributed by atoms with Crippen LogP contribution in [0, 0.1) is 5.92 Å². The zero-order valence-corrected chi connectivity index (χ0v) is 18.3. The van der Waals surface area contributed by atoms with Gasteiger partial charge in [-0.15, -0.1) is 24.0 Å². The van der Waals surface area contributed by atoms with Gasteiger partial charge in [0.1, 0.15) is 11.5 Å². The highest BCUT2D eigenvalue weighted by atomic mass is 127. The zero-order chi connectivity index (χ0) is 17.2. The van der Waals surface area contributed by atoms with E-state index in [1.807, 2.05) is 18.2 Å². The van der Waals surface area contributed by atoms with Gasteiger partial charge in [0.15, 0.2) is 0 Å². The van der Waals surface area contributed by atoms with Gasteiger partial charge in [0.25, 0.3) is 0 Å². The summed E-state index contributed by atoms with van der Waals surface area (Å²) in [5, 5.41) is 7.82. The molecule has 1 aromatic carbocycles. The molecular formula is C19H21Cl2IN2O2. The van der Waals surface area contributed by atoms with Crippen LogP contribution in [0.3, 0.4) is 0 Å². The van der Waals surface area contributed by atoms with Crippen molar-refractivity contribution in [1.29, 1.82) is 0 Å². The molecule has 2 unspecified atom stereocenters. The molecule has 2 atom stereocenters. The number of piperidine rings is 1. The summed E-state index contributed by atoms with van der Waals surface area (Å²) in [5.41, 5.74) is 2.56. The lowest BCUT2D eigenvalue weighted by atomic mass is 9.84. The average Bonchev–Trinajstić information content (AvgIpc) is 3.08. The lowest BCUT2D eigenvalue weighted by Gasteiger charge is -2.37. The number of aromatic nitrogens is 1. The quantitative estimate of drug-likeness (QED) is 0.475. The van der Waals surface area contributed by atoms with E-state index in [9.17, 15) is 0 Å². The fraction of sp³-hybridized carbons (Fsp3) is 0.526. The van der Waals surface area contributed by atoms with Crippen LogP contribution in [0.4, 0.5) is 0 Å². The first kappa shape index (κ1) is 19.0. The van der Waals surface area contributed by atoms with Crippen LogP contribution >= 0.6 is 47.2 Å².